The first kappa shape index (κ1) is 9.36. The van der Waals surface area contributed by atoms with E-state index in [1.165, 1.54) is 0 Å². The van der Waals surface area contributed by atoms with E-state index in [9.17, 15) is 0 Å². The molecular weight excluding hydrogens is 196 g/mol. The van der Waals surface area contributed by atoms with Crippen LogP contribution in [0.1, 0.15) is 16.4 Å². The molecule has 0 saturated carbocycles. The van der Waals surface area contributed by atoms with Gasteiger partial charge < -0.3 is 5.73 Å². The largest absolute Gasteiger partial charge is 0.325 e. The predicted molar refractivity (Wildman–Crippen MR) is 56.1 cm³/mol. The molecule has 0 radical (unpaired) electrons. The van der Waals surface area contributed by atoms with Gasteiger partial charge in [0.1, 0.15) is 5.01 Å². The third kappa shape index (κ3) is 1.83. The zero-order valence-corrected chi connectivity index (χ0v) is 8.79. The molecule has 14 heavy (non-hydrogen) atoms. The summed E-state index contributed by atoms with van der Waals surface area (Å²) in [7, 11) is 0. The number of nitrogens with zero attached hydrogens (tertiary/aromatic N) is 3. The molecule has 0 atom stereocenters. The smallest absolute Gasteiger partial charge is 0.114 e. The fraction of sp³-hybridized carbons (Fsp3) is 0.333. The molecular formula is C9H12N4S. The minimum atomic E-state index is 0.509. The van der Waals surface area contributed by atoms with Crippen LogP contribution in [0.15, 0.2) is 17.6 Å². The number of nitrogens with two attached hydrogens (primary N) is 1. The van der Waals surface area contributed by atoms with E-state index in [0.29, 0.717) is 6.54 Å². The van der Waals surface area contributed by atoms with Gasteiger partial charge in [-0.25, -0.2) is 4.98 Å². The van der Waals surface area contributed by atoms with E-state index >= 15 is 0 Å². The molecule has 0 aliphatic carbocycles. The Morgan fingerprint density at radius 2 is 2.43 bits per heavy atom. The SMILES string of the molecule is Cc1ccnn1Cc1nc(CN)cs1. The van der Waals surface area contributed by atoms with Crippen LogP contribution in [0.5, 0.6) is 0 Å². The lowest BCUT2D eigenvalue weighted by Gasteiger charge is -1.99. The van der Waals surface area contributed by atoms with E-state index in [2.05, 4.69) is 10.1 Å². The Bertz CT molecular complexity index is 418. The summed E-state index contributed by atoms with van der Waals surface area (Å²) in [6, 6.07) is 1.98. The van der Waals surface area contributed by atoms with Crippen LogP contribution in [0.3, 0.4) is 0 Å². The Morgan fingerprint density at radius 3 is 3.00 bits per heavy atom. The molecule has 0 spiro atoms. The summed E-state index contributed by atoms with van der Waals surface area (Å²) in [5.41, 5.74) is 7.59. The van der Waals surface area contributed by atoms with Gasteiger partial charge in [-0.15, -0.1) is 11.3 Å². The van der Waals surface area contributed by atoms with Crippen LogP contribution in [0, 0.1) is 6.92 Å². The average molecular weight is 208 g/mol. The lowest BCUT2D eigenvalue weighted by Crippen LogP contribution is -2.04. The van der Waals surface area contributed by atoms with Gasteiger partial charge in [0, 0.05) is 23.8 Å². The van der Waals surface area contributed by atoms with Crippen molar-refractivity contribution in [1.29, 1.82) is 0 Å². The first-order valence-electron chi connectivity index (χ1n) is 4.41. The number of hydrogen-bond donors (Lipinski definition) is 1. The molecule has 2 aromatic rings. The van der Waals surface area contributed by atoms with Crippen LogP contribution in [-0.4, -0.2) is 14.8 Å². The maximum atomic E-state index is 5.49. The number of rotatable bonds is 3. The third-order valence-electron chi connectivity index (χ3n) is 2.02. The summed E-state index contributed by atoms with van der Waals surface area (Å²) in [4.78, 5) is 4.38. The van der Waals surface area contributed by atoms with Crippen molar-refractivity contribution >= 4 is 11.3 Å². The Morgan fingerprint density at radius 1 is 1.57 bits per heavy atom. The number of aryl methyl sites for hydroxylation is 1. The van der Waals surface area contributed by atoms with Gasteiger partial charge in [-0.1, -0.05) is 0 Å². The lowest BCUT2D eigenvalue weighted by molar-refractivity contribution is 0.660. The maximum Gasteiger partial charge on any atom is 0.114 e. The molecule has 5 heteroatoms. The van der Waals surface area contributed by atoms with Crippen molar-refractivity contribution < 1.29 is 0 Å². The van der Waals surface area contributed by atoms with Crippen LogP contribution in [0.25, 0.3) is 0 Å². The van der Waals surface area contributed by atoms with Gasteiger partial charge in [0.2, 0.25) is 0 Å². The van der Waals surface area contributed by atoms with Crippen molar-refractivity contribution in [2.75, 3.05) is 0 Å². The molecule has 0 fully saturated rings. The molecule has 0 unspecified atom stereocenters. The van der Waals surface area contributed by atoms with E-state index in [0.717, 1.165) is 22.9 Å². The summed E-state index contributed by atoms with van der Waals surface area (Å²) < 4.78 is 1.93. The van der Waals surface area contributed by atoms with Gasteiger partial charge in [-0.2, -0.15) is 5.10 Å². The molecule has 74 valence electrons. The molecule has 2 heterocycles. The van der Waals surface area contributed by atoms with Crippen molar-refractivity contribution in [1.82, 2.24) is 14.8 Å². The quantitative estimate of drug-likeness (QED) is 0.823. The zero-order chi connectivity index (χ0) is 9.97. The van der Waals surface area contributed by atoms with Gasteiger partial charge >= 0.3 is 0 Å². The summed E-state index contributed by atoms with van der Waals surface area (Å²) in [6.45, 7) is 3.28. The van der Waals surface area contributed by atoms with Crippen LogP contribution in [0.4, 0.5) is 0 Å². The van der Waals surface area contributed by atoms with E-state index in [-0.39, 0.29) is 0 Å². The number of aromatic nitrogens is 3. The Balaban J connectivity index is 2.15. The molecule has 0 aromatic carbocycles. The van der Waals surface area contributed by atoms with Gasteiger partial charge in [-0.3, -0.25) is 4.68 Å². The van der Waals surface area contributed by atoms with Crippen molar-refractivity contribution in [2.45, 2.75) is 20.0 Å². The second-order valence-electron chi connectivity index (χ2n) is 3.07. The van der Waals surface area contributed by atoms with Crippen molar-refractivity contribution in [3.05, 3.63) is 34.0 Å². The Kier molecular flexibility index (Phi) is 2.60. The highest BCUT2D eigenvalue weighted by molar-refractivity contribution is 7.09. The van der Waals surface area contributed by atoms with E-state index in [1.807, 2.05) is 23.1 Å². The molecule has 2 N–H and O–H groups in total. The molecule has 0 amide bonds. The van der Waals surface area contributed by atoms with Gasteiger partial charge in [-0.05, 0) is 13.0 Å². The van der Waals surface area contributed by atoms with Crippen LogP contribution in [0.2, 0.25) is 0 Å². The third-order valence-corrected chi connectivity index (χ3v) is 2.90. The second-order valence-corrected chi connectivity index (χ2v) is 4.01. The number of hydrogen-bond acceptors (Lipinski definition) is 4. The summed E-state index contributed by atoms with van der Waals surface area (Å²) in [5.74, 6) is 0. The fourth-order valence-corrected chi connectivity index (χ4v) is 2.00. The molecule has 2 rings (SSSR count). The Labute approximate surface area is 86.4 Å². The highest BCUT2D eigenvalue weighted by Crippen LogP contribution is 2.11. The molecule has 2 aromatic heterocycles. The lowest BCUT2D eigenvalue weighted by atomic mass is 10.5. The fourth-order valence-electron chi connectivity index (χ4n) is 1.21. The van der Waals surface area contributed by atoms with E-state index in [1.54, 1.807) is 17.5 Å². The topological polar surface area (TPSA) is 56.7 Å². The normalized spacial score (nSPS) is 10.7. The van der Waals surface area contributed by atoms with Gasteiger partial charge in [0.05, 0.1) is 12.2 Å². The van der Waals surface area contributed by atoms with Gasteiger partial charge in [0.15, 0.2) is 0 Å². The highest BCUT2D eigenvalue weighted by Gasteiger charge is 2.03. The van der Waals surface area contributed by atoms with Gasteiger partial charge in [0.25, 0.3) is 0 Å². The van der Waals surface area contributed by atoms with Crippen molar-refractivity contribution in [3.8, 4) is 0 Å². The molecule has 0 bridgehead atoms. The highest BCUT2D eigenvalue weighted by atomic mass is 32.1. The maximum absolute atomic E-state index is 5.49. The predicted octanol–water partition coefficient (Wildman–Crippen LogP) is 1.16. The van der Waals surface area contributed by atoms with E-state index in [4.69, 9.17) is 5.73 Å². The molecule has 0 aliphatic heterocycles. The standard InChI is InChI=1S/C9H12N4S/c1-7-2-3-11-13(7)5-9-12-8(4-10)6-14-9/h2-3,6H,4-5,10H2,1H3. The summed E-state index contributed by atoms with van der Waals surface area (Å²) >= 11 is 1.63. The second kappa shape index (κ2) is 3.89. The summed E-state index contributed by atoms with van der Waals surface area (Å²) in [6.07, 6.45) is 1.80. The molecule has 0 saturated heterocycles. The van der Waals surface area contributed by atoms with Crippen LogP contribution in [-0.2, 0) is 13.1 Å². The molecule has 4 nitrogen and oxygen atoms in total. The first-order chi connectivity index (χ1) is 6.79. The monoisotopic (exact) mass is 208 g/mol. The van der Waals surface area contributed by atoms with Crippen molar-refractivity contribution in [2.24, 2.45) is 5.73 Å². The van der Waals surface area contributed by atoms with Crippen molar-refractivity contribution in [3.63, 3.8) is 0 Å². The van der Waals surface area contributed by atoms with Crippen LogP contribution >= 0.6 is 11.3 Å². The molecule has 0 aliphatic rings. The number of thiazole rings is 1. The van der Waals surface area contributed by atoms with E-state index < -0.39 is 0 Å². The minimum Gasteiger partial charge on any atom is -0.325 e. The first-order valence-corrected chi connectivity index (χ1v) is 5.29. The minimum absolute atomic E-state index is 0.509. The average Bonchev–Trinajstić information content (AvgIpc) is 2.77. The Hall–Kier alpha value is -1.20. The summed E-state index contributed by atoms with van der Waals surface area (Å²) in [5, 5.41) is 7.25. The van der Waals surface area contributed by atoms with Crippen LogP contribution < -0.4 is 5.73 Å². The zero-order valence-electron chi connectivity index (χ0n) is 7.97.